The number of aryl methyl sites for hydroxylation is 2. The molecule has 0 aliphatic rings. The molecule has 120 valence electrons. The summed E-state index contributed by atoms with van der Waals surface area (Å²) >= 11 is 0. The second-order valence-corrected chi connectivity index (χ2v) is 6.79. The van der Waals surface area contributed by atoms with Gasteiger partial charge in [0.2, 0.25) is 5.89 Å². The Morgan fingerprint density at radius 2 is 1.95 bits per heavy atom. The Labute approximate surface area is 128 Å². The Balaban J connectivity index is 2.45. The molecule has 0 radical (unpaired) electrons. The van der Waals surface area contributed by atoms with Crippen LogP contribution in [0.3, 0.4) is 0 Å². The van der Waals surface area contributed by atoms with Crippen molar-refractivity contribution in [2.75, 3.05) is 13.6 Å². The fraction of sp³-hybridized carbons (Fsp3) is 0.750. The van der Waals surface area contributed by atoms with Crippen LogP contribution in [0.2, 0.25) is 0 Å². The maximum absolute atomic E-state index is 5.55. The van der Waals surface area contributed by atoms with E-state index >= 15 is 0 Å². The summed E-state index contributed by atoms with van der Waals surface area (Å²) in [6.07, 6.45) is 1.18. The first-order valence-electron chi connectivity index (χ1n) is 7.61. The zero-order valence-corrected chi connectivity index (χ0v) is 14.5. The number of rotatable bonds is 6. The van der Waals surface area contributed by atoms with E-state index in [0.717, 1.165) is 24.0 Å². The molecule has 0 amide bonds. The lowest BCUT2D eigenvalue weighted by atomic mass is 9.84. The first-order valence-corrected chi connectivity index (χ1v) is 7.61. The summed E-state index contributed by atoms with van der Waals surface area (Å²) in [5.41, 5.74) is 1.18. The number of oxazole rings is 1. The van der Waals surface area contributed by atoms with Gasteiger partial charge in [0.25, 0.3) is 0 Å². The van der Waals surface area contributed by atoms with E-state index in [1.807, 2.05) is 13.8 Å². The van der Waals surface area contributed by atoms with Crippen LogP contribution >= 0.6 is 0 Å². The van der Waals surface area contributed by atoms with Crippen molar-refractivity contribution < 1.29 is 4.42 Å². The predicted molar refractivity (Wildman–Crippen MR) is 87.4 cm³/mol. The molecule has 21 heavy (non-hydrogen) atoms. The largest absolute Gasteiger partial charge is 0.444 e. The lowest BCUT2D eigenvalue weighted by Crippen LogP contribution is -2.42. The molecule has 1 heterocycles. The standard InChI is InChI=1S/C16H30N4O/c1-11(2)8-16(5,6)10-19-15(17-7)18-9-14-20-12(3)13(4)21-14/h11H,8-10H2,1-7H3,(H2,17,18,19). The van der Waals surface area contributed by atoms with Gasteiger partial charge in [-0.2, -0.15) is 0 Å². The molecule has 0 unspecified atom stereocenters. The Hall–Kier alpha value is -1.52. The average Bonchev–Trinajstić information content (AvgIpc) is 2.67. The highest BCUT2D eigenvalue weighted by atomic mass is 16.4. The first kappa shape index (κ1) is 17.5. The number of hydrogen-bond donors (Lipinski definition) is 2. The van der Waals surface area contributed by atoms with Crippen LogP contribution in [-0.4, -0.2) is 24.5 Å². The number of nitrogens with one attached hydrogen (secondary N) is 2. The third kappa shape index (κ3) is 6.19. The normalized spacial score (nSPS) is 12.9. The second kappa shape index (κ2) is 7.48. The van der Waals surface area contributed by atoms with Crippen molar-refractivity contribution in [3.63, 3.8) is 0 Å². The third-order valence-corrected chi connectivity index (χ3v) is 3.40. The molecule has 1 aromatic heterocycles. The van der Waals surface area contributed by atoms with E-state index in [1.54, 1.807) is 7.05 Å². The molecule has 5 nitrogen and oxygen atoms in total. The van der Waals surface area contributed by atoms with E-state index in [1.165, 1.54) is 6.42 Å². The molecular formula is C16H30N4O. The van der Waals surface area contributed by atoms with Gasteiger partial charge in [0, 0.05) is 13.6 Å². The molecule has 0 fully saturated rings. The molecular weight excluding hydrogens is 264 g/mol. The monoisotopic (exact) mass is 294 g/mol. The molecule has 0 saturated heterocycles. The lowest BCUT2D eigenvalue weighted by Gasteiger charge is -2.27. The summed E-state index contributed by atoms with van der Waals surface area (Å²) in [4.78, 5) is 8.59. The molecule has 1 rings (SSSR count). The van der Waals surface area contributed by atoms with Crippen LogP contribution in [0.4, 0.5) is 0 Å². The Bertz CT molecular complexity index is 455. The second-order valence-electron chi connectivity index (χ2n) is 6.79. The minimum Gasteiger partial charge on any atom is -0.444 e. The van der Waals surface area contributed by atoms with Crippen molar-refractivity contribution in [1.82, 2.24) is 15.6 Å². The first-order chi connectivity index (χ1) is 9.73. The van der Waals surface area contributed by atoms with Crippen LogP contribution in [0, 0.1) is 25.2 Å². The zero-order chi connectivity index (χ0) is 16.0. The number of aromatic nitrogens is 1. The van der Waals surface area contributed by atoms with Gasteiger partial charge >= 0.3 is 0 Å². The molecule has 0 bridgehead atoms. The van der Waals surface area contributed by atoms with E-state index in [0.29, 0.717) is 18.4 Å². The van der Waals surface area contributed by atoms with Crippen molar-refractivity contribution in [3.8, 4) is 0 Å². The van der Waals surface area contributed by atoms with Crippen LogP contribution in [0.1, 0.15) is 51.5 Å². The number of nitrogens with zero attached hydrogens (tertiary/aromatic N) is 2. The zero-order valence-electron chi connectivity index (χ0n) is 14.5. The van der Waals surface area contributed by atoms with Crippen LogP contribution in [0.5, 0.6) is 0 Å². The quantitative estimate of drug-likeness (QED) is 0.625. The van der Waals surface area contributed by atoms with E-state index in [9.17, 15) is 0 Å². The van der Waals surface area contributed by atoms with Crippen LogP contribution in [0.25, 0.3) is 0 Å². The number of hydrogen-bond acceptors (Lipinski definition) is 3. The van der Waals surface area contributed by atoms with Crippen LogP contribution < -0.4 is 10.6 Å². The molecule has 0 saturated carbocycles. The SMILES string of the molecule is CN=C(NCc1nc(C)c(C)o1)NCC(C)(C)CC(C)C. The molecule has 0 aliphatic heterocycles. The summed E-state index contributed by atoms with van der Waals surface area (Å²) in [6.45, 7) is 14.3. The summed E-state index contributed by atoms with van der Waals surface area (Å²) in [5.74, 6) is 3.03. The van der Waals surface area contributed by atoms with Gasteiger partial charge in [0.15, 0.2) is 5.96 Å². The number of guanidine groups is 1. The van der Waals surface area contributed by atoms with Gasteiger partial charge < -0.3 is 15.1 Å². The summed E-state index contributed by atoms with van der Waals surface area (Å²) < 4.78 is 5.55. The highest BCUT2D eigenvalue weighted by Gasteiger charge is 2.19. The maximum atomic E-state index is 5.55. The fourth-order valence-electron chi connectivity index (χ4n) is 2.50. The fourth-order valence-corrected chi connectivity index (χ4v) is 2.50. The lowest BCUT2D eigenvalue weighted by molar-refractivity contribution is 0.286. The molecule has 0 aliphatic carbocycles. The maximum Gasteiger partial charge on any atom is 0.214 e. The van der Waals surface area contributed by atoms with Gasteiger partial charge in [-0.15, -0.1) is 0 Å². The van der Waals surface area contributed by atoms with Gasteiger partial charge in [0.1, 0.15) is 5.76 Å². The van der Waals surface area contributed by atoms with Gasteiger partial charge in [-0.05, 0) is 31.6 Å². The van der Waals surface area contributed by atoms with E-state index < -0.39 is 0 Å². The summed E-state index contributed by atoms with van der Waals surface area (Å²) in [6, 6.07) is 0. The molecule has 2 N–H and O–H groups in total. The van der Waals surface area contributed by atoms with E-state index in [4.69, 9.17) is 4.42 Å². The predicted octanol–water partition coefficient (Wildman–Crippen LogP) is 3.03. The van der Waals surface area contributed by atoms with Gasteiger partial charge in [-0.1, -0.05) is 27.7 Å². The molecule has 0 atom stereocenters. The Morgan fingerprint density at radius 3 is 2.43 bits per heavy atom. The topological polar surface area (TPSA) is 62.5 Å². The molecule has 5 heteroatoms. The highest BCUT2D eigenvalue weighted by Crippen LogP contribution is 2.23. The van der Waals surface area contributed by atoms with Gasteiger partial charge in [0.05, 0.1) is 12.2 Å². The number of aliphatic imine (C=N–C) groups is 1. The van der Waals surface area contributed by atoms with Gasteiger partial charge in [-0.3, -0.25) is 4.99 Å². The van der Waals surface area contributed by atoms with E-state index in [-0.39, 0.29) is 5.41 Å². The van der Waals surface area contributed by atoms with Crippen molar-refractivity contribution in [3.05, 3.63) is 17.3 Å². The molecule has 0 spiro atoms. The van der Waals surface area contributed by atoms with Crippen molar-refractivity contribution >= 4 is 5.96 Å². The van der Waals surface area contributed by atoms with Crippen LogP contribution in [-0.2, 0) is 6.54 Å². The van der Waals surface area contributed by atoms with Crippen LogP contribution in [0.15, 0.2) is 9.41 Å². The molecule has 0 aromatic carbocycles. The minimum absolute atomic E-state index is 0.238. The van der Waals surface area contributed by atoms with Crippen molar-refractivity contribution in [2.24, 2.45) is 16.3 Å². The Morgan fingerprint density at radius 1 is 1.29 bits per heavy atom. The Kier molecular flexibility index (Phi) is 6.24. The van der Waals surface area contributed by atoms with Crippen molar-refractivity contribution in [2.45, 2.75) is 54.5 Å². The smallest absolute Gasteiger partial charge is 0.214 e. The minimum atomic E-state index is 0.238. The van der Waals surface area contributed by atoms with E-state index in [2.05, 4.69) is 48.3 Å². The average molecular weight is 294 g/mol. The summed E-state index contributed by atoms with van der Waals surface area (Å²) in [5, 5.41) is 6.61. The summed E-state index contributed by atoms with van der Waals surface area (Å²) in [7, 11) is 1.77. The van der Waals surface area contributed by atoms with Gasteiger partial charge in [-0.25, -0.2) is 4.98 Å². The third-order valence-electron chi connectivity index (χ3n) is 3.40. The van der Waals surface area contributed by atoms with Crippen molar-refractivity contribution in [1.29, 1.82) is 0 Å². The highest BCUT2D eigenvalue weighted by molar-refractivity contribution is 5.79. The molecule has 1 aromatic rings.